The smallest absolute Gasteiger partial charge is 0.334 e. The van der Waals surface area contributed by atoms with Gasteiger partial charge in [0.2, 0.25) is 0 Å². The first-order valence-electron chi connectivity index (χ1n) is 9.25. The quantitative estimate of drug-likeness (QED) is 0.533. The van der Waals surface area contributed by atoms with E-state index in [9.17, 15) is 20.1 Å². The summed E-state index contributed by atoms with van der Waals surface area (Å²) < 4.78 is 4.95. The number of rotatable bonds is 4. The highest BCUT2D eigenvalue weighted by Crippen LogP contribution is 2.61. The molecule has 3 N–H and O–H groups in total. The Morgan fingerprint density at radius 1 is 1.40 bits per heavy atom. The van der Waals surface area contributed by atoms with Gasteiger partial charge in [-0.15, -0.1) is 0 Å². The van der Waals surface area contributed by atoms with E-state index in [0.717, 1.165) is 24.8 Å². The lowest BCUT2D eigenvalue weighted by molar-refractivity contribution is -0.164. The Bertz CT molecular complexity index is 597. The first-order chi connectivity index (χ1) is 11.7. The summed E-state index contributed by atoms with van der Waals surface area (Å²) in [6, 6.07) is 0. The average molecular weight is 350 g/mol. The Balaban J connectivity index is 1.89. The lowest BCUT2D eigenvalue weighted by Gasteiger charge is -2.60. The van der Waals surface area contributed by atoms with Gasteiger partial charge < -0.3 is 20.1 Å². The number of fused-ring (bicyclic) bond motifs is 1. The van der Waals surface area contributed by atoms with Gasteiger partial charge in [0.15, 0.2) is 0 Å². The van der Waals surface area contributed by atoms with E-state index in [2.05, 4.69) is 13.5 Å². The van der Waals surface area contributed by atoms with E-state index in [1.807, 2.05) is 6.92 Å². The van der Waals surface area contributed by atoms with Crippen LogP contribution in [-0.2, 0) is 9.53 Å². The highest BCUT2D eigenvalue weighted by atomic mass is 16.5. The molecular weight excluding hydrogens is 320 g/mol. The molecule has 2 fully saturated rings. The SMILES string of the molecule is C=C1CC[C@H]2[C@@](C)(CCC(O)[C@@]2(C)CO)C1C(O)CC1=CCOC1=O. The Labute approximate surface area is 149 Å². The van der Waals surface area contributed by atoms with Gasteiger partial charge in [0.25, 0.3) is 0 Å². The summed E-state index contributed by atoms with van der Waals surface area (Å²) in [6.45, 7) is 8.53. The molecule has 140 valence electrons. The summed E-state index contributed by atoms with van der Waals surface area (Å²) in [5.41, 5.74) is 0.716. The molecule has 5 nitrogen and oxygen atoms in total. The van der Waals surface area contributed by atoms with Crippen LogP contribution in [-0.4, -0.2) is 46.7 Å². The standard InChI is InChI=1S/C20H30O5/c1-12-4-5-15-19(2,8-6-16(23)20(15,3)11-21)17(12)14(22)10-13-7-9-25-18(13)24/h7,14-17,21-23H,1,4-6,8-11H2,2-3H3/t14?,15-,16?,17?,19+,20-/m0/s1. The van der Waals surface area contributed by atoms with Crippen molar-refractivity contribution in [1.82, 2.24) is 0 Å². The minimum absolute atomic E-state index is 0.0683. The highest BCUT2D eigenvalue weighted by Gasteiger charge is 2.59. The van der Waals surface area contributed by atoms with Crippen molar-refractivity contribution in [2.75, 3.05) is 13.2 Å². The van der Waals surface area contributed by atoms with Crippen LogP contribution in [0.25, 0.3) is 0 Å². The number of ether oxygens (including phenoxy) is 1. The Kier molecular flexibility index (Phi) is 4.86. The predicted molar refractivity (Wildman–Crippen MR) is 93.6 cm³/mol. The Morgan fingerprint density at radius 3 is 2.72 bits per heavy atom. The maximum absolute atomic E-state index is 11.7. The molecule has 0 bridgehead atoms. The molecule has 0 saturated heterocycles. The zero-order valence-corrected chi connectivity index (χ0v) is 15.2. The van der Waals surface area contributed by atoms with E-state index >= 15 is 0 Å². The molecular formula is C20H30O5. The number of esters is 1. The van der Waals surface area contributed by atoms with Gasteiger partial charge in [0.05, 0.1) is 18.8 Å². The molecule has 3 aliphatic rings. The van der Waals surface area contributed by atoms with Gasteiger partial charge in [0.1, 0.15) is 6.61 Å². The van der Waals surface area contributed by atoms with Gasteiger partial charge >= 0.3 is 5.97 Å². The summed E-state index contributed by atoms with van der Waals surface area (Å²) in [4.78, 5) is 11.7. The van der Waals surface area contributed by atoms with Crippen molar-refractivity contribution in [1.29, 1.82) is 0 Å². The lowest BCUT2D eigenvalue weighted by Crippen LogP contribution is -2.59. The second kappa shape index (κ2) is 6.53. The molecule has 0 aromatic rings. The molecule has 3 unspecified atom stereocenters. The molecule has 1 aliphatic heterocycles. The number of aliphatic hydroxyl groups excluding tert-OH is 3. The Morgan fingerprint density at radius 2 is 2.12 bits per heavy atom. The molecule has 2 saturated carbocycles. The van der Waals surface area contributed by atoms with Gasteiger partial charge in [-0.1, -0.05) is 26.0 Å². The van der Waals surface area contributed by atoms with Crippen molar-refractivity contribution in [2.45, 2.75) is 58.2 Å². The largest absolute Gasteiger partial charge is 0.458 e. The summed E-state index contributed by atoms with van der Waals surface area (Å²) in [6.07, 6.45) is 3.76. The van der Waals surface area contributed by atoms with E-state index in [1.54, 1.807) is 6.08 Å². The van der Waals surface area contributed by atoms with Gasteiger partial charge in [-0.25, -0.2) is 4.79 Å². The minimum Gasteiger partial charge on any atom is -0.458 e. The van der Waals surface area contributed by atoms with E-state index in [0.29, 0.717) is 12.0 Å². The highest BCUT2D eigenvalue weighted by molar-refractivity contribution is 5.90. The van der Waals surface area contributed by atoms with E-state index < -0.39 is 17.6 Å². The molecule has 3 rings (SSSR count). The van der Waals surface area contributed by atoms with Crippen LogP contribution in [0.5, 0.6) is 0 Å². The summed E-state index contributed by atoms with van der Waals surface area (Å²) >= 11 is 0. The van der Waals surface area contributed by atoms with Crippen molar-refractivity contribution < 1.29 is 24.9 Å². The third-order valence-electron chi connectivity index (χ3n) is 7.18. The molecule has 6 atom stereocenters. The summed E-state index contributed by atoms with van der Waals surface area (Å²) in [5.74, 6) is -0.399. The number of hydrogen-bond donors (Lipinski definition) is 3. The first-order valence-corrected chi connectivity index (χ1v) is 9.25. The topological polar surface area (TPSA) is 87.0 Å². The third-order valence-corrected chi connectivity index (χ3v) is 7.18. The van der Waals surface area contributed by atoms with Crippen molar-refractivity contribution >= 4 is 5.97 Å². The van der Waals surface area contributed by atoms with E-state index in [-0.39, 0.29) is 42.9 Å². The molecule has 1 heterocycles. The van der Waals surface area contributed by atoms with E-state index in [4.69, 9.17) is 4.74 Å². The summed E-state index contributed by atoms with van der Waals surface area (Å²) in [7, 11) is 0. The van der Waals surface area contributed by atoms with E-state index in [1.165, 1.54) is 0 Å². The maximum Gasteiger partial charge on any atom is 0.334 e. The van der Waals surface area contributed by atoms with Crippen LogP contribution in [0.3, 0.4) is 0 Å². The van der Waals surface area contributed by atoms with Crippen LogP contribution in [0.1, 0.15) is 46.0 Å². The van der Waals surface area contributed by atoms with Crippen LogP contribution in [0.2, 0.25) is 0 Å². The van der Waals surface area contributed by atoms with Crippen LogP contribution >= 0.6 is 0 Å². The number of carbonyl (C=O) groups is 1. The lowest BCUT2D eigenvalue weighted by atomic mass is 9.45. The maximum atomic E-state index is 11.7. The van der Waals surface area contributed by atoms with Gasteiger partial charge in [0, 0.05) is 23.3 Å². The number of cyclic esters (lactones) is 1. The fourth-order valence-corrected chi connectivity index (χ4v) is 5.75. The normalized spacial score (nSPS) is 42.6. The van der Waals surface area contributed by atoms with Crippen molar-refractivity contribution in [3.8, 4) is 0 Å². The average Bonchev–Trinajstić information content (AvgIpc) is 2.96. The zero-order valence-electron chi connectivity index (χ0n) is 15.2. The molecule has 0 spiro atoms. The molecule has 0 radical (unpaired) electrons. The van der Waals surface area contributed by atoms with Crippen molar-refractivity contribution in [3.63, 3.8) is 0 Å². The molecule has 0 amide bonds. The number of hydrogen-bond acceptors (Lipinski definition) is 5. The molecule has 2 aliphatic carbocycles. The molecule has 5 heteroatoms. The number of aliphatic hydroxyl groups is 3. The van der Waals surface area contributed by atoms with Crippen LogP contribution in [0.4, 0.5) is 0 Å². The minimum atomic E-state index is -0.713. The van der Waals surface area contributed by atoms with Crippen LogP contribution in [0, 0.1) is 22.7 Å². The molecule has 0 aromatic carbocycles. The van der Waals surface area contributed by atoms with Gasteiger partial charge in [-0.2, -0.15) is 0 Å². The fourth-order valence-electron chi connectivity index (χ4n) is 5.75. The first kappa shape index (κ1) is 18.6. The number of carbonyl (C=O) groups excluding carboxylic acids is 1. The monoisotopic (exact) mass is 350 g/mol. The van der Waals surface area contributed by atoms with Crippen LogP contribution in [0.15, 0.2) is 23.8 Å². The van der Waals surface area contributed by atoms with Crippen LogP contribution < -0.4 is 0 Å². The molecule has 25 heavy (non-hydrogen) atoms. The predicted octanol–water partition coefficient (Wildman–Crippen LogP) is 1.96. The fraction of sp³-hybridized carbons (Fsp3) is 0.750. The van der Waals surface area contributed by atoms with Crippen molar-refractivity contribution in [2.24, 2.45) is 22.7 Å². The van der Waals surface area contributed by atoms with Gasteiger partial charge in [-0.3, -0.25) is 0 Å². The zero-order chi connectivity index (χ0) is 18.4. The third kappa shape index (κ3) is 2.86. The second-order valence-corrected chi connectivity index (χ2v) is 8.55. The van der Waals surface area contributed by atoms with Gasteiger partial charge in [-0.05, 0) is 43.1 Å². The summed E-state index contributed by atoms with van der Waals surface area (Å²) in [5, 5.41) is 31.5. The second-order valence-electron chi connectivity index (χ2n) is 8.55. The van der Waals surface area contributed by atoms with Crippen molar-refractivity contribution in [3.05, 3.63) is 23.8 Å². The Hall–Kier alpha value is -1.17. The molecule has 0 aromatic heterocycles.